The number of carboxylic acid groups (broad SMARTS) is 1. The molecule has 14 heavy (non-hydrogen) atoms. The minimum Gasteiger partial charge on any atom is -0.481 e. The Labute approximate surface area is 83.2 Å². The van der Waals surface area contributed by atoms with E-state index in [0.717, 1.165) is 5.76 Å². The summed E-state index contributed by atoms with van der Waals surface area (Å²) < 4.78 is 0. The summed E-state index contributed by atoms with van der Waals surface area (Å²) in [4.78, 5) is 15.5. The van der Waals surface area contributed by atoms with Crippen molar-refractivity contribution >= 4 is 5.97 Å². The van der Waals surface area contributed by atoms with Crippen LogP contribution in [0.1, 0.15) is 20.3 Å². The minimum absolute atomic E-state index is 0.0567. The lowest BCUT2D eigenvalue weighted by Gasteiger charge is -2.20. The molecule has 0 aliphatic heterocycles. The molecule has 0 saturated carbocycles. The maximum atomic E-state index is 10.2. The molecule has 2 N–H and O–H groups in total. The average Bonchev–Trinajstić information content (AvgIpc) is 2.39. The Morgan fingerprint density at radius 3 is 2.86 bits per heavy atom. The first-order chi connectivity index (χ1) is 6.52. The third kappa shape index (κ3) is 2.88. The summed E-state index contributed by atoms with van der Waals surface area (Å²) >= 11 is 0. The lowest BCUT2D eigenvalue weighted by molar-refractivity contribution is -0.137. The second-order valence-corrected chi connectivity index (χ2v) is 3.75. The largest absolute Gasteiger partial charge is 0.481 e. The molecule has 0 radical (unpaired) electrons. The number of carboxylic acids is 1. The van der Waals surface area contributed by atoms with Crippen LogP contribution in [0.3, 0.4) is 0 Å². The average molecular weight is 197 g/mol. The topological polar surface area (TPSA) is 58.6 Å². The Morgan fingerprint density at radius 2 is 2.36 bits per heavy atom. The standard InChI is InChI=1S/C10H15NO3/c1-10(2)6-3-4-8(10)14-11-7-5-9(12)13/h3-4,6,11H,5,7H2,1-2H3,(H,12,13). The van der Waals surface area contributed by atoms with Crippen LogP contribution in [0.25, 0.3) is 0 Å². The summed E-state index contributed by atoms with van der Waals surface area (Å²) in [6, 6.07) is 0. The van der Waals surface area contributed by atoms with E-state index in [1.165, 1.54) is 0 Å². The Morgan fingerprint density at radius 1 is 1.64 bits per heavy atom. The molecule has 0 spiro atoms. The van der Waals surface area contributed by atoms with Gasteiger partial charge in [-0.25, -0.2) is 0 Å². The third-order valence-electron chi connectivity index (χ3n) is 2.02. The summed E-state index contributed by atoms with van der Waals surface area (Å²) in [5, 5.41) is 8.39. The number of hydrogen-bond acceptors (Lipinski definition) is 3. The van der Waals surface area contributed by atoms with E-state index in [1.54, 1.807) is 0 Å². The Bertz CT molecular complexity index is 279. The van der Waals surface area contributed by atoms with E-state index >= 15 is 0 Å². The second kappa shape index (κ2) is 4.28. The third-order valence-corrected chi connectivity index (χ3v) is 2.02. The lowest BCUT2D eigenvalue weighted by Crippen LogP contribution is -2.22. The van der Waals surface area contributed by atoms with Crippen molar-refractivity contribution in [2.45, 2.75) is 20.3 Å². The van der Waals surface area contributed by atoms with Gasteiger partial charge in [-0.3, -0.25) is 4.79 Å². The molecule has 0 aromatic rings. The minimum atomic E-state index is -0.834. The highest BCUT2D eigenvalue weighted by Crippen LogP contribution is 2.32. The van der Waals surface area contributed by atoms with E-state index in [2.05, 4.69) is 5.48 Å². The van der Waals surface area contributed by atoms with Crippen LogP contribution >= 0.6 is 0 Å². The predicted octanol–water partition coefficient (Wildman–Crippen LogP) is 1.46. The molecule has 0 fully saturated rings. The molecule has 0 unspecified atom stereocenters. The van der Waals surface area contributed by atoms with Gasteiger partial charge in [0.05, 0.1) is 6.42 Å². The van der Waals surface area contributed by atoms with Crippen LogP contribution in [0, 0.1) is 5.41 Å². The molecule has 0 atom stereocenters. The highest BCUT2D eigenvalue weighted by atomic mass is 16.6. The Kier molecular flexibility index (Phi) is 3.30. The number of hydrogen-bond donors (Lipinski definition) is 2. The summed E-state index contributed by atoms with van der Waals surface area (Å²) in [5.74, 6) is -0.0261. The van der Waals surface area contributed by atoms with Gasteiger partial charge in [0, 0.05) is 12.0 Å². The van der Waals surface area contributed by atoms with Crippen LogP contribution in [0.5, 0.6) is 0 Å². The van der Waals surface area contributed by atoms with Crippen LogP contribution in [0.2, 0.25) is 0 Å². The van der Waals surface area contributed by atoms with Gasteiger partial charge in [-0.1, -0.05) is 12.2 Å². The van der Waals surface area contributed by atoms with E-state index in [4.69, 9.17) is 9.94 Å². The van der Waals surface area contributed by atoms with Crippen molar-refractivity contribution in [3.63, 3.8) is 0 Å². The molecule has 0 aromatic heterocycles. The van der Waals surface area contributed by atoms with E-state index in [-0.39, 0.29) is 11.8 Å². The maximum Gasteiger partial charge on any atom is 0.304 e. The van der Waals surface area contributed by atoms with Crippen molar-refractivity contribution in [2.75, 3.05) is 6.54 Å². The van der Waals surface area contributed by atoms with E-state index < -0.39 is 5.97 Å². The first-order valence-electron chi connectivity index (χ1n) is 4.54. The molecule has 0 amide bonds. The first kappa shape index (κ1) is 10.8. The van der Waals surface area contributed by atoms with Crippen molar-refractivity contribution in [1.82, 2.24) is 5.48 Å². The predicted molar refractivity (Wildman–Crippen MR) is 52.3 cm³/mol. The highest BCUT2D eigenvalue weighted by molar-refractivity contribution is 5.66. The monoisotopic (exact) mass is 197 g/mol. The number of nitrogens with one attached hydrogen (secondary N) is 1. The highest BCUT2D eigenvalue weighted by Gasteiger charge is 2.25. The van der Waals surface area contributed by atoms with Gasteiger partial charge in [-0.2, -0.15) is 5.48 Å². The zero-order valence-electron chi connectivity index (χ0n) is 8.41. The van der Waals surface area contributed by atoms with Gasteiger partial charge in [0.1, 0.15) is 5.76 Å². The summed E-state index contributed by atoms with van der Waals surface area (Å²) in [6.45, 7) is 4.37. The van der Waals surface area contributed by atoms with Crippen LogP contribution in [0.15, 0.2) is 24.0 Å². The van der Waals surface area contributed by atoms with Gasteiger partial charge in [0.15, 0.2) is 0 Å². The van der Waals surface area contributed by atoms with Gasteiger partial charge in [-0.05, 0) is 19.9 Å². The van der Waals surface area contributed by atoms with Gasteiger partial charge in [0.2, 0.25) is 0 Å². The van der Waals surface area contributed by atoms with Gasteiger partial charge in [0.25, 0.3) is 0 Å². The van der Waals surface area contributed by atoms with Crippen LogP contribution in [-0.2, 0) is 9.63 Å². The van der Waals surface area contributed by atoms with Crippen molar-refractivity contribution < 1.29 is 14.7 Å². The molecule has 4 nitrogen and oxygen atoms in total. The smallest absolute Gasteiger partial charge is 0.304 e. The van der Waals surface area contributed by atoms with Crippen molar-refractivity contribution in [1.29, 1.82) is 0 Å². The van der Waals surface area contributed by atoms with Crippen LogP contribution in [0.4, 0.5) is 0 Å². The number of carbonyl (C=O) groups is 1. The quantitative estimate of drug-likeness (QED) is 0.517. The van der Waals surface area contributed by atoms with Crippen molar-refractivity contribution in [2.24, 2.45) is 5.41 Å². The zero-order chi connectivity index (χ0) is 10.6. The lowest BCUT2D eigenvalue weighted by atomic mass is 9.94. The van der Waals surface area contributed by atoms with Crippen LogP contribution < -0.4 is 5.48 Å². The molecule has 0 aromatic carbocycles. The van der Waals surface area contributed by atoms with E-state index in [9.17, 15) is 4.79 Å². The SMILES string of the molecule is CC1(C)C=CC=C1ONCCC(=O)O. The number of allylic oxidation sites excluding steroid dienone is 3. The summed E-state index contributed by atoms with van der Waals surface area (Å²) in [7, 11) is 0. The van der Waals surface area contributed by atoms with Gasteiger partial charge < -0.3 is 9.94 Å². The Balaban J connectivity index is 2.24. The fourth-order valence-corrected chi connectivity index (χ4v) is 1.13. The molecule has 1 rings (SSSR count). The van der Waals surface area contributed by atoms with Gasteiger partial charge >= 0.3 is 5.97 Å². The normalized spacial score (nSPS) is 18.0. The maximum absolute atomic E-state index is 10.2. The zero-order valence-corrected chi connectivity index (χ0v) is 8.41. The summed E-state index contributed by atoms with van der Waals surface area (Å²) in [6.07, 6.45) is 5.88. The van der Waals surface area contributed by atoms with E-state index in [0.29, 0.717) is 6.54 Å². The molecule has 0 saturated heterocycles. The molecule has 1 aliphatic rings. The fraction of sp³-hybridized carbons (Fsp3) is 0.500. The van der Waals surface area contributed by atoms with Crippen molar-refractivity contribution in [3.05, 3.63) is 24.0 Å². The van der Waals surface area contributed by atoms with Crippen LogP contribution in [-0.4, -0.2) is 17.6 Å². The van der Waals surface area contributed by atoms with Gasteiger partial charge in [-0.15, -0.1) is 0 Å². The molecular weight excluding hydrogens is 182 g/mol. The first-order valence-corrected chi connectivity index (χ1v) is 4.54. The molecule has 0 bridgehead atoms. The Hall–Kier alpha value is -1.29. The molecule has 78 valence electrons. The molecule has 4 heteroatoms. The molecular formula is C10H15NO3. The number of aliphatic carboxylic acids is 1. The number of hydroxylamine groups is 1. The second-order valence-electron chi connectivity index (χ2n) is 3.75. The summed E-state index contributed by atoms with van der Waals surface area (Å²) in [5.41, 5.74) is 2.52. The molecule has 0 heterocycles. The van der Waals surface area contributed by atoms with Crippen molar-refractivity contribution in [3.8, 4) is 0 Å². The van der Waals surface area contributed by atoms with E-state index in [1.807, 2.05) is 32.1 Å². The molecule has 1 aliphatic carbocycles. The fourth-order valence-electron chi connectivity index (χ4n) is 1.13. The number of rotatable bonds is 5.